The van der Waals surface area contributed by atoms with Gasteiger partial charge in [-0.05, 0) is 205 Å². The first kappa shape index (κ1) is 48.9. The van der Waals surface area contributed by atoms with Gasteiger partial charge in [-0.2, -0.15) is 0 Å². The fraction of sp³-hybridized carbons (Fsp3) is 0.400. The molecule has 0 bridgehead atoms. The zero-order chi connectivity index (χ0) is 52.6. The van der Waals surface area contributed by atoms with Crippen LogP contribution in [-0.2, 0) is 37.9 Å². The molecule has 0 unspecified atom stereocenters. The quantitative estimate of drug-likeness (QED) is 0.159. The molecule has 0 fully saturated rings. The molecular formula is C70H80BN3. The van der Waals surface area contributed by atoms with Crippen molar-refractivity contribution in [2.75, 3.05) is 14.7 Å². The lowest BCUT2D eigenvalue weighted by atomic mass is 9.33. The third-order valence-corrected chi connectivity index (χ3v) is 19.1. The number of hydrogen-bond acceptors (Lipinski definition) is 3. The predicted molar refractivity (Wildman–Crippen MR) is 320 cm³/mol. The van der Waals surface area contributed by atoms with Crippen molar-refractivity contribution in [3.05, 3.63) is 177 Å². The van der Waals surface area contributed by atoms with Gasteiger partial charge >= 0.3 is 0 Å². The summed E-state index contributed by atoms with van der Waals surface area (Å²) < 4.78 is 0. The first-order valence-corrected chi connectivity index (χ1v) is 27.9. The van der Waals surface area contributed by atoms with Crippen molar-refractivity contribution in [2.45, 2.75) is 181 Å². The molecule has 0 spiro atoms. The number of rotatable bonds is 5. The zero-order valence-electron chi connectivity index (χ0n) is 47.9. The monoisotopic (exact) mass is 974 g/mol. The van der Waals surface area contributed by atoms with Crippen LogP contribution in [-0.4, -0.2) is 6.71 Å². The number of fused-ring (bicyclic) bond motifs is 7. The van der Waals surface area contributed by atoms with Crippen LogP contribution in [0.3, 0.4) is 0 Å². The average molecular weight is 974 g/mol. The Bertz CT molecular complexity index is 3430. The van der Waals surface area contributed by atoms with E-state index in [-0.39, 0.29) is 44.6 Å². The van der Waals surface area contributed by atoms with E-state index in [1.807, 2.05) is 0 Å². The van der Waals surface area contributed by atoms with Crippen molar-refractivity contribution < 1.29 is 0 Å². The molecule has 0 amide bonds. The molecule has 4 heteroatoms. The number of benzene rings is 7. The summed E-state index contributed by atoms with van der Waals surface area (Å²) in [6, 6.07) is 50.3. The summed E-state index contributed by atoms with van der Waals surface area (Å²) in [4.78, 5) is 7.97. The highest BCUT2D eigenvalue weighted by Gasteiger charge is 2.50. The second kappa shape index (κ2) is 15.8. The minimum absolute atomic E-state index is 0.0101. The van der Waals surface area contributed by atoms with E-state index in [9.17, 15) is 0 Å². The number of anilines is 9. The SMILES string of the molecule is Cc1cc2c(cc1N1c3ccc(C(C)(C)C)cc3B3c4cc5c(cc4N(c4ccc6c(c4C)C(C)(C)CC6(C)C)c4cc(N(c6ccccc6)c6ccccc6)cc1c43)C(C)(C)CC5(C)C)C(C)(C)CCC2(C)C. The highest BCUT2D eigenvalue weighted by Crippen LogP contribution is 2.58. The molecule has 74 heavy (non-hydrogen) atoms. The Labute approximate surface area is 445 Å². The summed E-state index contributed by atoms with van der Waals surface area (Å²) in [6.07, 6.45) is 4.58. The Balaban J connectivity index is 1.27. The van der Waals surface area contributed by atoms with Gasteiger partial charge in [0, 0.05) is 45.5 Å². The third kappa shape index (κ3) is 7.19. The van der Waals surface area contributed by atoms with Gasteiger partial charge < -0.3 is 14.7 Å². The van der Waals surface area contributed by atoms with Crippen molar-refractivity contribution in [1.82, 2.24) is 0 Å². The molecule has 7 aromatic carbocycles. The lowest BCUT2D eigenvalue weighted by Crippen LogP contribution is -2.62. The van der Waals surface area contributed by atoms with Crippen LogP contribution < -0.4 is 31.1 Å². The van der Waals surface area contributed by atoms with Crippen molar-refractivity contribution in [3.63, 3.8) is 0 Å². The van der Waals surface area contributed by atoms with Gasteiger partial charge in [0.2, 0.25) is 0 Å². The summed E-state index contributed by atoms with van der Waals surface area (Å²) >= 11 is 0. The smallest absolute Gasteiger partial charge is 0.252 e. The molecule has 0 N–H and O–H groups in total. The molecule has 2 aliphatic heterocycles. The standard InChI is InChI=1S/C70H80BN3/c1-43-34-50-52(66(8,9)33-32-65(50,6)7)39-58(43)74-57-30-28-45(64(3,4)5)35-54(57)71-55-38-51-53(69(14,15)41-68(51,12)13)40-59(55)73(56-31-29-49-62(44(56)2)70(16,17)42-67(49,10)11)60-36-48(37-61(74)63(60)71)72(46-24-20-18-21-25-46)47-26-22-19-23-27-47/h18-31,34-40H,32-33,41-42H2,1-17H3. The van der Waals surface area contributed by atoms with E-state index in [0.717, 1.165) is 36.3 Å². The van der Waals surface area contributed by atoms with Crippen LogP contribution in [0, 0.1) is 13.8 Å². The van der Waals surface area contributed by atoms with Crippen molar-refractivity contribution in [3.8, 4) is 0 Å². The molecule has 0 atom stereocenters. The van der Waals surface area contributed by atoms with E-state index < -0.39 is 0 Å². The lowest BCUT2D eigenvalue weighted by molar-refractivity contribution is 0.332. The van der Waals surface area contributed by atoms with E-state index in [1.165, 1.54) is 107 Å². The highest BCUT2D eigenvalue weighted by molar-refractivity contribution is 7.00. The molecule has 7 aromatic rings. The number of aryl methyl sites for hydroxylation is 1. The van der Waals surface area contributed by atoms with Gasteiger partial charge in [-0.15, -0.1) is 0 Å². The van der Waals surface area contributed by atoms with E-state index >= 15 is 0 Å². The van der Waals surface area contributed by atoms with Crippen LogP contribution in [0.1, 0.15) is 180 Å². The lowest BCUT2D eigenvalue weighted by Gasteiger charge is -2.47. The van der Waals surface area contributed by atoms with E-state index in [2.05, 4.69) is 260 Å². The molecule has 12 rings (SSSR count). The Kier molecular flexibility index (Phi) is 10.4. The summed E-state index contributed by atoms with van der Waals surface area (Å²) in [6.45, 7) is 41.7. The fourth-order valence-electron chi connectivity index (χ4n) is 15.8. The Morgan fingerprint density at radius 1 is 0.419 bits per heavy atom. The summed E-state index contributed by atoms with van der Waals surface area (Å²) in [5.41, 5.74) is 28.5. The zero-order valence-corrected chi connectivity index (χ0v) is 47.9. The number of nitrogens with zero attached hydrogens (tertiary/aromatic N) is 3. The van der Waals surface area contributed by atoms with Gasteiger partial charge in [0.15, 0.2) is 0 Å². The van der Waals surface area contributed by atoms with Gasteiger partial charge in [-0.1, -0.05) is 171 Å². The summed E-state index contributed by atoms with van der Waals surface area (Å²) in [5, 5.41) is 0. The first-order valence-electron chi connectivity index (χ1n) is 27.9. The maximum Gasteiger partial charge on any atom is 0.252 e. The molecule has 0 saturated heterocycles. The molecule has 0 saturated carbocycles. The molecule has 3 nitrogen and oxygen atoms in total. The first-order chi connectivity index (χ1) is 34.6. The van der Waals surface area contributed by atoms with E-state index in [4.69, 9.17) is 0 Å². The van der Waals surface area contributed by atoms with Crippen LogP contribution in [0.5, 0.6) is 0 Å². The number of hydrogen-bond donors (Lipinski definition) is 0. The summed E-state index contributed by atoms with van der Waals surface area (Å²) in [5.74, 6) is 0. The van der Waals surface area contributed by atoms with Gasteiger partial charge in [0.05, 0.1) is 5.69 Å². The van der Waals surface area contributed by atoms with E-state index in [0.29, 0.717) is 0 Å². The molecule has 2 heterocycles. The Morgan fingerprint density at radius 2 is 0.892 bits per heavy atom. The third-order valence-electron chi connectivity index (χ3n) is 19.1. The molecule has 5 aliphatic rings. The van der Waals surface area contributed by atoms with Crippen LogP contribution >= 0.6 is 0 Å². The second-order valence-electron chi connectivity index (χ2n) is 28.5. The highest BCUT2D eigenvalue weighted by atomic mass is 15.2. The normalized spacial score (nSPS) is 19.5. The van der Waals surface area contributed by atoms with Crippen LogP contribution in [0.4, 0.5) is 51.2 Å². The average Bonchev–Trinajstić information content (AvgIpc) is 3.64. The summed E-state index contributed by atoms with van der Waals surface area (Å²) in [7, 11) is 0. The minimum atomic E-state index is -0.0500. The van der Waals surface area contributed by atoms with Crippen LogP contribution in [0.15, 0.2) is 127 Å². The van der Waals surface area contributed by atoms with Crippen molar-refractivity contribution in [2.24, 2.45) is 0 Å². The fourth-order valence-corrected chi connectivity index (χ4v) is 15.8. The van der Waals surface area contributed by atoms with Crippen molar-refractivity contribution >= 4 is 74.3 Å². The second-order valence-corrected chi connectivity index (χ2v) is 28.5. The van der Waals surface area contributed by atoms with Crippen LogP contribution in [0.25, 0.3) is 0 Å². The topological polar surface area (TPSA) is 9.72 Å². The van der Waals surface area contributed by atoms with Gasteiger partial charge in [-0.3, -0.25) is 0 Å². The molecule has 0 radical (unpaired) electrons. The van der Waals surface area contributed by atoms with Crippen molar-refractivity contribution in [1.29, 1.82) is 0 Å². The van der Waals surface area contributed by atoms with Gasteiger partial charge in [-0.25, -0.2) is 0 Å². The minimum Gasteiger partial charge on any atom is -0.311 e. The van der Waals surface area contributed by atoms with Crippen LogP contribution in [0.2, 0.25) is 0 Å². The van der Waals surface area contributed by atoms with Gasteiger partial charge in [0.25, 0.3) is 6.71 Å². The molecule has 0 aromatic heterocycles. The maximum absolute atomic E-state index is 2.75. The Hall–Kier alpha value is -6.00. The molecule has 378 valence electrons. The van der Waals surface area contributed by atoms with Gasteiger partial charge in [0.1, 0.15) is 0 Å². The number of para-hydroxylation sites is 2. The largest absolute Gasteiger partial charge is 0.311 e. The molecule has 3 aliphatic carbocycles. The van der Waals surface area contributed by atoms with E-state index in [1.54, 1.807) is 0 Å². The molecular weight excluding hydrogens is 894 g/mol. The predicted octanol–water partition coefficient (Wildman–Crippen LogP) is 17.4. The Morgan fingerprint density at radius 3 is 1.47 bits per heavy atom. The maximum atomic E-state index is 2.75.